The molecule has 0 fully saturated rings. The molecule has 2 aromatic carbocycles. The lowest BCUT2D eigenvalue weighted by Crippen LogP contribution is -2.48. The Labute approximate surface area is 146 Å². The number of ketones is 2. The highest BCUT2D eigenvalue weighted by Crippen LogP contribution is 2.20. The highest BCUT2D eigenvalue weighted by atomic mass is 16.3. The number of amides is 1. The zero-order valence-electron chi connectivity index (χ0n) is 14.3. The number of carbonyl (C=O) groups excluding carboxylic acids is 3. The van der Waals surface area contributed by atoms with Crippen LogP contribution in [0.1, 0.15) is 23.7 Å². The van der Waals surface area contributed by atoms with Crippen molar-refractivity contribution in [3.8, 4) is 11.1 Å². The van der Waals surface area contributed by atoms with Gasteiger partial charge in [0.2, 0.25) is 0 Å². The number of hydrogen-bond acceptors (Lipinski definition) is 4. The maximum atomic E-state index is 12.6. The van der Waals surface area contributed by atoms with E-state index in [0.717, 1.165) is 16.0 Å². The van der Waals surface area contributed by atoms with Crippen LogP contribution in [0.3, 0.4) is 0 Å². The smallest absolute Gasteiger partial charge is 0.254 e. The number of hydrogen-bond donors (Lipinski definition) is 1. The predicted molar refractivity (Wildman–Crippen MR) is 95.2 cm³/mol. The number of aliphatic hydroxyl groups excluding tert-OH is 1. The summed E-state index contributed by atoms with van der Waals surface area (Å²) < 4.78 is 0. The minimum atomic E-state index is -1.25. The maximum absolute atomic E-state index is 12.6. The molecule has 0 radical (unpaired) electrons. The van der Waals surface area contributed by atoms with E-state index in [-0.39, 0.29) is 6.42 Å². The van der Waals surface area contributed by atoms with Crippen molar-refractivity contribution in [2.75, 3.05) is 13.7 Å². The van der Waals surface area contributed by atoms with Gasteiger partial charge in [0.05, 0.1) is 0 Å². The molecule has 0 spiro atoms. The molecule has 5 nitrogen and oxygen atoms in total. The van der Waals surface area contributed by atoms with Gasteiger partial charge in [-0.1, -0.05) is 49.4 Å². The molecule has 1 atom stereocenters. The number of benzene rings is 2. The van der Waals surface area contributed by atoms with E-state index in [1.807, 2.05) is 42.5 Å². The van der Waals surface area contributed by atoms with E-state index in [9.17, 15) is 14.4 Å². The lowest BCUT2D eigenvalue weighted by atomic mass is 10.0. The zero-order valence-corrected chi connectivity index (χ0v) is 14.3. The fourth-order valence-corrected chi connectivity index (χ4v) is 2.65. The third-order valence-electron chi connectivity index (χ3n) is 4.06. The largest absolute Gasteiger partial charge is 0.388 e. The van der Waals surface area contributed by atoms with Crippen molar-refractivity contribution in [1.29, 1.82) is 0 Å². The van der Waals surface area contributed by atoms with Crippen molar-refractivity contribution in [2.24, 2.45) is 0 Å². The van der Waals surface area contributed by atoms with Crippen LogP contribution in [0, 0.1) is 0 Å². The molecule has 2 aromatic rings. The first-order valence-corrected chi connectivity index (χ1v) is 8.08. The Kier molecular flexibility index (Phi) is 6.19. The molecule has 0 bridgehead atoms. The highest BCUT2D eigenvalue weighted by molar-refractivity contribution is 6.10. The average molecular weight is 339 g/mol. The number of rotatable bonds is 7. The Morgan fingerprint density at radius 1 is 0.920 bits per heavy atom. The van der Waals surface area contributed by atoms with Gasteiger partial charge >= 0.3 is 0 Å². The van der Waals surface area contributed by atoms with Crippen LogP contribution in [0.2, 0.25) is 0 Å². The molecule has 25 heavy (non-hydrogen) atoms. The lowest BCUT2D eigenvalue weighted by Gasteiger charge is -2.25. The Bertz CT molecular complexity index is 737. The molecule has 0 aliphatic heterocycles. The van der Waals surface area contributed by atoms with Crippen LogP contribution in [0.4, 0.5) is 0 Å². The second-order valence-electron chi connectivity index (χ2n) is 5.71. The molecule has 1 amide bonds. The summed E-state index contributed by atoms with van der Waals surface area (Å²) in [7, 11) is 1.40. The monoisotopic (exact) mass is 339 g/mol. The fraction of sp³-hybridized carbons (Fsp3) is 0.250. The van der Waals surface area contributed by atoms with Crippen molar-refractivity contribution >= 4 is 17.5 Å². The van der Waals surface area contributed by atoms with Crippen LogP contribution in [-0.2, 0) is 9.59 Å². The van der Waals surface area contributed by atoms with Crippen molar-refractivity contribution in [3.05, 3.63) is 60.2 Å². The van der Waals surface area contributed by atoms with Gasteiger partial charge in [-0.25, -0.2) is 0 Å². The van der Waals surface area contributed by atoms with E-state index in [0.29, 0.717) is 5.56 Å². The molecule has 2 rings (SSSR count). The quantitative estimate of drug-likeness (QED) is 0.786. The molecule has 130 valence electrons. The van der Waals surface area contributed by atoms with E-state index in [1.54, 1.807) is 19.1 Å². The molecule has 0 heterocycles. The normalized spacial score (nSPS) is 11.6. The fourth-order valence-electron chi connectivity index (χ4n) is 2.65. The van der Waals surface area contributed by atoms with E-state index >= 15 is 0 Å². The Morgan fingerprint density at radius 2 is 1.48 bits per heavy atom. The first kappa shape index (κ1) is 18.5. The van der Waals surface area contributed by atoms with E-state index < -0.39 is 30.1 Å². The summed E-state index contributed by atoms with van der Waals surface area (Å²) >= 11 is 0. The summed E-state index contributed by atoms with van der Waals surface area (Å²) in [6.45, 7) is 0.841. The lowest BCUT2D eigenvalue weighted by molar-refractivity contribution is -0.134. The van der Waals surface area contributed by atoms with E-state index in [2.05, 4.69) is 0 Å². The molecular formula is C20H21NO4. The second-order valence-corrected chi connectivity index (χ2v) is 5.71. The Balaban J connectivity index is 2.24. The summed E-state index contributed by atoms with van der Waals surface area (Å²) in [5.74, 6) is -1.51. The van der Waals surface area contributed by atoms with Crippen LogP contribution >= 0.6 is 0 Å². The topological polar surface area (TPSA) is 74.7 Å². The molecule has 1 unspecified atom stereocenters. The van der Waals surface area contributed by atoms with Crippen molar-refractivity contribution in [2.45, 2.75) is 19.4 Å². The average Bonchev–Trinajstić information content (AvgIpc) is 2.67. The summed E-state index contributed by atoms with van der Waals surface area (Å²) in [5.41, 5.74) is 2.37. The van der Waals surface area contributed by atoms with E-state index in [1.165, 1.54) is 7.05 Å². The molecule has 0 aromatic heterocycles. The minimum Gasteiger partial charge on any atom is -0.388 e. The molecular weight excluding hydrogens is 318 g/mol. The van der Waals surface area contributed by atoms with Gasteiger partial charge in [-0.3, -0.25) is 14.4 Å². The highest BCUT2D eigenvalue weighted by Gasteiger charge is 2.32. The summed E-state index contributed by atoms with van der Waals surface area (Å²) in [4.78, 5) is 37.6. The summed E-state index contributed by atoms with van der Waals surface area (Å²) in [6, 6.07) is 15.5. The Morgan fingerprint density at radius 3 is 2.00 bits per heavy atom. The van der Waals surface area contributed by atoms with Crippen molar-refractivity contribution in [3.63, 3.8) is 0 Å². The van der Waals surface area contributed by atoms with Crippen molar-refractivity contribution < 1.29 is 19.5 Å². The second kappa shape index (κ2) is 8.35. The standard InChI is InChI=1S/C20H21NO4/c1-3-17(23)19(18(24)13-22)21(2)20(25)16-11-9-15(10-12-16)14-7-5-4-6-8-14/h4-12,19,22H,3,13H2,1-2H3. The van der Waals surface area contributed by atoms with E-state index in [4.69, 9.17) is 5.11 Å². The molecule has 0 saturated heterocycles. The van der Waals surface area contributed by atoms with Crippen LogP contribution in [0.25, 0.3) is 11.1 Å². The molecule has 5 heteroatoms. The molecule has 0 aliphatic carbocycles. The van der Waals surface area contributed by atoms with Gasteiger partial charge in [-0.2, -0.15) is 0 Å². The minimum absolute atomic E-state index is 0.112. The Hall–Kier alpha value is -2.79. The SMILES string of the molecule is CCC(=O)C(C(=O)CO)N(C)C(=O)c1ccc(-c2ccccc2)cc1. The van der Waals surface area contributed by atoms with Crippen molar-refractivity contribution in [1.82, 2.24) is 4.90 Å². The third-order valence-corrected chi connectivity index (χ3v) is 4.06. The number of likely N-dealkylation sites (N-methyl/N-ethyl adjacent to an activating group) is 1. The summed E-state index contributed by atoms with van der Waals surface area (Å²) in [5, 5.41) is 9.07. The first-order chi connectivity index (χ1) is 12.0. The van der Waals surface area contributed by atoms with Gasteiger partial charge in [0.1, 0.15) is 6.61 Å². The first-order valence-electron chi connectivity index (χ1n) is 8.08. The van der Waals surface area contributed by atoms with Gasteiger partial charge < -0.3 is 10.0 Å². The maximum Gasteiger partial charge on any atom is 0.254 e. The van der Waals surface area contributed by atoms with Gasteiger partial charge in [-0.15, -0.1) is 0 Å². The third kappa shape index (κ3) is 4.19. The van der Waals surface area contributed by atoms with Gasteiger partial charge in [0.15, 0.2) is 17.6 Å². The van der Waals surface area contributed by atoms with Crippen LogP contribution < -0.4 is 0 Å². The van der Waals surface area contributed by atoms with Gasteiger partial charge in [0.25, 0.3) is 5.91 Å². The van der Waals surface area contributed by atoms with Gasteiger partial charge in [-0.05, 0) is 23.3 Å². The number of aliphatic hydroxyl groups is 1. The zero-order chi connectivity index (χ0) is 18.4. The number of Topliss-reactive ketones (excluding diaryl/α,β-unsaturated/α-hetero) is 2. The molecule has 1 N–H and O–H groups in total. The van der Waals surface area contributed by atoms with Crippen LogP contribution in [-0.4, -0.2) is 47.2 Å². The number of nitrogens with zero attached hydrogens (tertiary/aromatic N) is 1. The number of carbonyl (C=O) groups is 3. The van der Waals surface area contributed by atoms with Gasteiger partial charge in [0, 0.05) is 19.0 Å². The summed E-state index contributed by atoms with van der Waals surface area (Å²) in [6.07, 6.45) is 0.112. The predicted octanol–water partition coefficient (Wildman–Crippen LogP) is 2.33. The van der Waals surface area contributed by atoms with Crippen LogP contribution in [0.15, 0.2) is 54.6 Å². The van der Waals surface area contributed by atoms with Crippen LogP contribution in [0.5, 0.6) is 0 Å². The molecule has 0 aliphatic rings. The molecule has 0 saturated carbocycles.